The van der Waals surface area contributed by atoms with E-state index in [9.17, 15) is 0 Å². The summed E-state index contributed by atoms with van der Waals surface area (Å²) in [6.07, 6.45) is 5.18. The Kier molecular flexibility index (Phi) is 7.38. The first-order valence-corrected chi connectivity index (χ1v) is 10.1. The molecule has 15 heavy (non-hydrogen) atoms. The van der Waals surface area contributed by atoms with Crippen molar-refractivity contribution in [2.75, 3.05) is 11.9 Å². The molecular formula is C12H27BrOSi. The van der Waals surface area contributed by atoms with Gasteiger partial charge in [0.1, 0.15) is 0 Å². The molecule has 0 fully saturated rings. The van der Waals surface area contributed by atoms with Crippen LogP contribution in [0.5, 0.6) is 0 Å². The largest absolute Gasteiger partial charge is 0.417 e. The molecule has 0 saturated carbocycles. The van der Waals surface area contributed by atoms with E-state index in [1.165, 1.54) is 25.7 Å². The van der Waals surface area contributed by atoms with E-state index in [2.05, 4.69) is 49.8 Å². The molecule has 0 saturated heterocycles. The Morgan fingerprint density at radius 3 is 2.20 bits per heavy atom. The summed E-state index contributed by atoms with van der Waals surface area (Å²) in [5.41, 5.74) is 0. The van der Waals surface area contributed by atoms with Crippen LogP contribution < -0.4 is 0 Å². The van der Waals surface area contributed by atoms with Crippen molar-refractivity contribution in [2.45, 2.75) is 64.6 Å². The van der Waals surface area contributed by atoms with E-state index in [-0.39, 0.29) is 0 Å². The summed E-state index contributed by atoms with van der Waals surface area (Å²) in [4.78, 5) is 0. The average Bonchev–Trinajstić information content (AvgIpc) is 2.17. The molecule has 0 aliphatic carbocycles. The topological polar surface area (TPSA) is 9.23 Å². The van der Waals surface area contributed by atoms with E-state index in [1.54, 1.807) is 0 Å². The van der Waals surface area contributed by atoms with Crippen molar-refractivity contribution in [1.29, 1.82) is 0 Å². The Labute approximate surface area is 105 Å². The van der Waals surface area contributed by atoms with Gasteiger partial charge in [-0.1, -0.05) is 56.0 Å². The zero-order valence-corrected chi connectivity index (χ0v) is 13.6. The third kappa shape index (κ3) is 5.50. The molecule has 0 bridgehead atoms. The maximum Gasteiger partial charge on any atom is 0.193 e. The van der Waals surface area contributed by atoms with Crippen LogP contribution in [0.25, 0.3) is 0 Å². The molecular weight excluding hydrogens is 268 g/mol. The van der Waals surface area contributed by atoms with Crippen molar-refractivity contribution in [3.05, 3.63) is 0 Å². The molecule has 0 amide bonds. The number of halogens is 1. The normalized spacial score (nSPS) is 13.2. The van der Waals surface area contributed by atoms with Crippen LogP contribution in [0.1, 0.15) is 46.5 Å². The van der Waals surface area contributed by atoms with Crippen LogP contribution in [0, 0.1) is 0 Å². The van der Waals surface area contributed by atoms with Gasteiger partial charge in [-0.15, -0.1) is 0 Å². The summed E-state index contributed by atoms with van der Waals surface area (Å²) < 4.78 is 6.14. The predicted octanol–water partition coefficient (Wildman–Crippen LogP) is 4.96. The molecule has 0 aliphatic rings. The Bertz CT molecular complexity index is 169. The van der Waals surface area contributed by atoms with Crippen molar-refractivity contribution < 1.29 is 4.43 Å². The lowest BCUT2D eigenvalue weighted by Gasteiger charge is -2.38. The molecule has 0 heterocycles. The van der Waals surface area contributed by atoms with Crippen LogP contribution in [0.15, 0.2) is 0 Å². The molecule has 0 aromatic heterocycles. The van der Waals surface area contributed by atoms with Crippen molar-refractivity contribution in [1.82, 2.24) is 0 Å². The third-order valence-corrected chi connectivity index (χ3v) is 9.71. The minimum absolute atomic E-state index is 0.317. The molecule has 0 radical (unpaired) electrons. The highest BCUT2D eigenvalue weighted by atomic mass is 79.9. The third-order valence-electron chi connectivity index (χ3n) is 3.42. The van der Waals surface area contributed by atoms with Crippen molar-refractivity contribution >= 4 is 24.2 Å². The standard InChI is InChI=1S/C12H27BrOSi/c1-6-7-8-9-10-14-15(4,5)12(2,3)11-13/h6-11H2,1-5H3. The predicted molar refractivity (Wildman–Crippen MR) is 75.4 cm³/mol. The van der Waals surface area contributed by atoms with Crippen LogP contribution in [0.2, 0.25) is 18.1 Å². The lowest BCUT2D eigenvalue weighted by molar-refractivity contribution is 0.278. The smallest absolute Gasteiger partial charge is 0.193 e. The fraction of sp³-hybridized carbons (Fsp3) is 1.00. The fourth-order valence-corrected chi connectivity index (χ4v) is 4.61. The van der Waals surface area contributed by atoms with E-state index in [0.717, 1.165) is 11.9 Å². The van der Waals surface area contributed by atoms with Crippen molar-refractivity contribution in [3.63, 3.8) is 0 Å². The van der Waals surface area contributed by atoms with Gasteiger partial charge in [0.2, 0.25) is 0 Å². The molecule has 3 heteroatoms. The Hall–Kier alpha value is 0.657. The van der Waals surface area contributed by atoms with Gasteiger partial charge in [0, 0.05) is 11.9 Å². The molecule has 0 unspecified atom stereocenters. The number of hydrogen-bond acceptors (Lipinski definition) is 1. The molecule has 0 aromatic rings. The highest BCUT2D eigenvalue weighted by molar-refractivity contribution is 9.09. The summed E-state index contributed by atoms with van der Waals surface area (Å²) >= 11 is 3.60. The highest BCUT2D eigenvalue weighted by Crippen LogP contribution is 2.39. The lowest BCUT2D eigenvalue weighted by atomic mass is 10.2. The summed E-state index contributed by atoms with van der Waals surface area (Å²) in [5, 5.41) is 1.35. The van der Waals surface area contributed by atoms with E-state index in [0.29, 0.717) is 5.04 Å². The SMILES string of the molecule is CCCCCCO[Si](C)(C)C(C)(C)CBr. The summed E-state index contributed by atoms with van der Waals surface area (Å²) in [7, 11) is -1.54. The first-order chi connectivity index (χ1) is 6.87. The van der Waals surface area contributed by atoms with Gasteiger partial charge in [-0.2, -0.15) is 0 Å². The van der Waals surface area contributed by atoms with Gasteiger partial charge in [-0.3, -0.25) is 0 Å². The maximum absolute atomic E-state index is 6.14. The second-order valence-electron chi connectivity index (χ2n) is 5.44. The number of hydrogen-bond donors (Lipinski definition) is 0. The molecule has 0 aromatic carbocycles. The second-order valence-corrected chi connectivity index (χ2v) is 10.7. The first kappa shape index (κ1) is 15.7. The molecule has 0 N–H and O–H groups in total. The van der Waals surface area contributed by atoms with Crippen LogP contribution in [-0.4, -0.2) is 20.3 Å². The lowest BCUT2D eigenvalue weighted by Crippen LogP contribution is -2.43. The van der Waals surface area contributed by atoms with Crippen LogP contribution in [0.3, 0.4) is 0 Å². The summed E-state index contributed by atoms with van der Waals surface area (Å²) in [5.74, 6) is 0. The van der Waals surface area contributed by atoms with Crippen LogP contribution >= 0.6 is 15.9 Å². The van der Waals surface area contributed by atoms with Gasteiger partial charge in [-0.25, -0.2) is 0 Å². The molecule has 0 spiro atoms. The average molecular weight is 295 g/mol. The molecule has 0 rings (SSSR count). The van der Waals surface area contributed by atoms with Crippen LogP contribution in [0.4, 0.5) is 0 Å². The van der Waals surface area contributed by atoms with Gasteiger partial charge < -0.3 is 4.43 Å². The van der Waals surface area contributed by atoms with Crippen LogP contribution in [-0.2, 0) is 4.43 Å². The van der Waals surface area contributed by atoms with Gasteiger partial charge in [-0.05, 0) is 24.6 Å². The minimum Gasteiger partial charge on any atom is -0.417 e. The molecule has 0 atom stereocenters. The summed E-state index contributed by atoms with van der Waals surface area (Å²) in [6.45, 7) is 12.5. The Balaban J connectivity index is 3.84. The van der Waals surface area contributed by atoms with Gasteiger partial charge in [0.15, 0.2) is 8.32 Å². The number of alkyl halides is 1. The highest BCUT2D eigenvalue weighted by Gasteiger charge is 2.39. The summed E-state index contributed by atoms with van der Waals surface area (Å²) in [6, 6.07) is 0. The quantitative estimate of drug-likeness (QED) is 0.349. The molecule has 0 aliphatic heterocycles. The molecule has 92 valence electrons. The van der Waals surface area contributed by atoms with Crippen molar-refractivity contribution in [3.8, 4) is 0 Å². The van der Waals surface area contributed by atoms with E-state index in [1.807, 2.05) is 0 Å². The fourth-order valence-electron chi connectivity index (χ4n) is 1.21. The zero-order chi connectivity index (χ0) is 11.9. The van der Waals surface area contributed by atoms with Gasteiger partial charge >= 0.3 is 0 Å². The van der Waals surface area contributed by atoms with E-state index < -0.39 is 8.32 Å². The zero-order valence-electron chi connectivity index (χ0n) is 11.0. The Morgan fingerprint density at radius 2 is 1.73 bits per heavy atom. The number of unbranched alkanes of at least 4 members (excludes halogenated alkanes) is 3. The minimum atomic E-state index is -1.54. The van der Waals surface area contributed by atoms with Gasteiger partial charge in [0.05, 0.1) is 0 Å². The second kappa shape index (κ2) is 7.07. The van der Waals surface area contributed by atoms with Crippen molar-refractivity contribution in [2.24, 2.45) is 0 Å². The van der Waals surface area contributed by atoms with E-state index >= 15 is 0 Å². The Morgan fingerprint density at radius 1 is 1.13 bits per heavy atom. The van der Waals surface area contributed by atoms with Gasteiger partial charge in [0.25, 0.3) is 0 Å². The van der Waals surface area contributed by atoms with E-state index in [4.69, 9.17) is 4.43 Å². The first-order valence-electron chi connectivity index (χ1n) is 6.07. The maximum atomic E-state index is 6.14. The number of rotatable bonds is 8. The monoisotopic (exact) mass is 294 g/mol. The molecule has 1 nitrogen and oxygen atoms in total.